The lowest BCUT2D eigenvalue weighted by atomic mass is 9.97. The Bertz CT molecular complexity index is 435. The number of nitrogens with one attached hydrogen (secondary N) is 1. The summed E-state index contributed by atoms with van der Waals surface area (Å²) >= 11 is 0. The fraction of sp³-hybridized carbons (Fsp3) is 0.571. The van der Waals surface area contributed by atoms with Crippen molar-refractivity contribution < 1.29 is 9.31 Å². The molecule has 1 unspecified atom stereocenters. The van der Waals surface area contributed by atoms with Crippen LogP contribution < -0.4 is 5.32 Å². The molecule has 0 aliphatic carbocycles. The van der Waals surface area contributed by atoms with Crippen LogP contribution in [0.15, 0.2) is 18.2 Å². The highest BCUT2D eigenvalue weighted by Crippen LogP contribution is 2.19. The van der Waals surface area contributed by atoms with Gasteiger partial charge in [-0.05, 0) is 36.9 Å². The molecule has 0 radical (unpaired) electrons. The molecule has 0 fully saturated rings. The molecule has 0 saturated heterocycles. The van der Waals surface area contributed by atoms with Crippen LogP contribution in [-0.2, 0) is 6.42 Å². The molecule has 1 rings (SSSR count). The summed E-state index contributed by atoms with van der Waals surface area (Å²) in [5.74, 6) is 0.0195. The minimum atomic E-state index is -0.581. The molecule has 5 heteroatoms. The van der Waals surface area contributed by atoms with Crippen molar-refractivity contribution in [1.82, 2.24) is 5.32 Å². The quantitative estimate of drug-likeness (QED) is 0.609. The van der Waals surface area contributed by atoms with E-state index in [-0.39, 0.29) is 11.7 Å². The summed E-state index contributed by atoms with van der Waals surface area (Å²) < 4.78 is 13.8. The van der Waals surface area contributed by atoms with Gasteiger partial charge in [-0.3, -0.25) is 10.1 Å². The van der Waals surface area contributed by atoms with Crippen molar-refractivity contribution in [3.8, 4) is 0 Å². The summed E-state index contributed by atoms with van der Waals surface area (Å²) in [5.41, 5.74) is 0.322. The second-order valence-electron chi connectivity index (χ2n) is 5.12. The first-order valence-electron chi connectivity index (χ1n) is 6.60. The van der Waals surface area contributed by atoms with Gasteiger partial charge in [0.1, 0.15) is 5.82 Å². The van der Waals surface area contributed by atoms with Crippen molar-refractivity contribution in [3.63, 3.8) is 0 Å². The van der Waals surface area contributed by atoms with Gasteiger partial charge in [0, 0.05) is 12.1 Å². The van der Waals surface area contributed by atoms with E-state index in [1.165, 1.54) is 12.1 Å². The van der Waals surface area contributed by atoms with E-state index in [1.807, 2.05) is 6.92 Å². The first-order chi connectivity index (χ1) is 8.93. The molecule has 0 saturated carbocycles. The number of hydrogen-bond donors (Lipinski definition) is 1. The Kier molecular flexibility index (Phi) is 5.89. The first kappa shape index (κ1) is 15.6. The predicted octanol–water partition coefficient (Wildman–Crippen LogP) is 3.30. The molecule has 0 aromatic heterocycles. The van der Waals surface area contributed by atoms with Gasteiger partial charge < -0.3 is 5.32 Å². The summed E-state index contributed by atoms with van der Waals surface area (Å²) in [6, 6.07) is 4.06. The Hall–Kier alpha value is -1.49. The topological polar surface area (TPSA) is 55.2 Å². The molecule has 1 aromatic carbocycles. The summed E-state index contributed by atoms with van der Waals surface area (Å²) in [6.07, 6.45) is 1.50. The van der Waals surface area contributed by atoms with Crippen molar-refractivity contribution in [3.05, 3.63) is 39.7 Å². The van der Waals surface area contributed by atoms with Crippen molar-refractivity contribution in [2.24, 2.45) is 5.92 Å². The Morgan fingerprint density at radius 2 is 2.11 bits per heavy atom. The summed E-state index contributed by atoms with van der Waals surface area (Å²) in [7, 11) is 0. The average molecular weight is 268 g/mol. The van der Waals surface area contributed by atoms with Crippen LogP contribution in [0, 0.1) is 21.8 Å². The summed E-state index contributed by atoms with van der Waals surface area (Å²) in [5, 5.41) is 13.9. The SMILES string of the molecule is CCNC(Cc1ccc([N+](=O)[O-])cc1F)CC(C)C. The molecular formula is C14H21FN2O2. The number of benzene rings is 1. The van der Waals surface area contributed by atoms with Crippen LogP contribution in [0.2, 0.25) is 0 Å². The molecule has 1 N–H and O–H groups in total. The fourth-order valence-corrected chi connectivity index (χ4v) is 2.18. The van der Waals surface area contributed by atoms with E-state index < -0.39 is 10.7 Å². The summed E-state index contributed by atoms with van der Waals surface area (Å²) in [4.78, 5) is 9.98. The lowest BCUT2D eigenvalue weighted by Crippen LogP contribution is -2.32. The van der Waals surface area contributed by atoms with Crippen LogP contribution in [0.3, 0.4) is 0 Å². The van der Waals surface area contributed by atoms with Gasteiger partial charge in [0.05, 0.1) is 11.0 Å². The van der Waals surface area contributed by atoms with Crippen molar-refractivity contribution in [2.45, 2.75) is 39.7 Å². The monoisotopic (exact) mass is 268 g/mol. The maximum Gasteiger partial charge on any atom is 0.272 e. The second-order valence-corrected chi connectivity index (χ2v) is 5.12. The molecule has 0 amide bonds. The highest BCUT2D eigenvalue weighted by molar-refractivity contribution is 5.34. The van der Waals surface area contributed by atoms with Crippen LogP contribution in [0.4, 0.5) is 10.1 Å². The van der Waals surface area contributed by atoms with E-state index in [2.05, 4.69) is 19.2 Å². The largest absolute Gasteiger partial charge is 0.314 e. The smallest absolute Gasteiger partial charge is 0.272 e. The van der Waals surface area contributed by atoms with E-state index in [0.717, 1.165) is 19.0 Å². The Morgan fingerprint density at radius 1 is 1.42 bits per heavy atom. The van der Waals surface area contributed by atoms with Crippen molar-refractivity contribution in [2.75, 3.05) is 6.54 Å². The fourth-order valence-electron chi connectivity index (χ4n) is 2.18. The maximum atomic E-state index is 13.8. The Labute approximate surface area is 113 Å². The molecule has 0 bridgehead atoms. The van der Waals surface area contributed by atoms with E-state index in [9.17, 15) is 14.5 Å². The number of rotatable bonds is 7. The zero-order chi connectivity index (χ0) is 14.4. The minimum absolute atomic E-state index is 0.195. The molecule has 19 heavy (non-hydrogen) atoms. The van der Waals surface area contributed by atoms with Gasteiger partial charge in [-0.25, -0.2) is 4.39 Å². The molecule has 106 valence electrons. The Morgan fingerprint density at radius 3 is 2.58 bits per heavy atom. The number of nitro benzene ring substituents is 1. The summed E-state index contributed by atoms with van der Waals surface area (Å²) in [6.45, 7) is 7.08. The third kappa shape index (κ3) is 4.95. The van der Waals surface area contributed by atoms with Gasteiger partial charge >= 0.3 is 0 Å². The number of likely N-dealkylation sites (N-methyl/N-ethyl adjacent to an activating group) is 1. The molecule has 0 aliphatic rings. The van der Waals surface area contributed by atoms with E-state index in [0.29, 0.717) is 17.9 Å². The number of nitro groups is 1. The standard InChI is InChI=1S/C14H21FN2O2/c1-4-16-12(7-10(2)3)8-11-5-6-13(17(18)19)9-14(11)15/h5-6,9-10,12,16H,4,7-8H2,1-3H3. The minimum Gasteiger partial charge on any atom is -0.314 e. The predicted molar refractivity (Wildman–Crippen MR) is 73.7 cm³/mol. The highest BCUT2D eigenvalue weighted by atomic mass is 19.1. The van der Waals surface area contributed by atoms with Crippen LogP contribution >= 0.6 is 0 Å². The van der Waals surface area contributed by atoms with Gasteiger partial charge in [0.25, 0.3) is 5.69 Å². The number of non-ortho nitro benzene ring substituents is 1. The Balaban J connectivity index is 2.81. The highest BCUT2D eigenvalue weighted by Gasteiger charge is 2.15. The average Bonchev–Trinajstić information content (AvgIpc) is 2.31. The number of halogens is 1. The van der Waals surface area contributed by atoms with E-state index >= 15 is 0 Å². The zero-order valence-electron chi connectivity index (χ0n) is 11.6. The van der Waals surface area contributed by atoms with Gasteiger partial charge in [-0.15, -0.1) is 0 Å². The molecule has 1 aromatic rings. The zero-order valence-corrected chi connectivity index (χ0v) is 11.6. The number of hydrogen-bond acceptors (Lipinski definition) is 3. The third-order valence-corrected chi connectivity index (χ3v) is 2.96. The van der Waals surface area contributed by atoms with E-state index in [1.54, 1.807) is 0 Å². The molecule has 4 nitrogen and oxygen atoms in total. The lowest BCUT2D eigenvalue weighted by Gasteiger charge is -2.20. The second kappa shape index (κ2) is 7.19. The van der Waals surface area contributed by atoms with Crippen LogP contribution in [0.5, 0.6) is 0 Å². The van der Waals surface area contributed by atoms with Gasteiger partial charge in [-0.2, -0.15) is 0 Å². The van der Waals surface area contributed by atoms with Crippen molar-refractivity contribution >= 4 is 5.69 Å². The van der Waals surface area contributed by atoms with Gasteiger partial charge in [0.15, 0.2) is 0 Å². The van der Waals surface area contributed by atoms with Gasteiger partial charge in [-0.1, -0.05) is 20.8 Å². The normalized spacial score (nSPS) is 12.7. The molecule has 0 spiro atoms. The van der Waals surface area contributed by atoms with Crippen LogP contribution in [-0.4, -0.2) is 17.5 Å². The van der Waals surface area contributed by atoms with Gasteiger partial charge in [0.2, 0.25) is 0 Å². The maximum absolute atomic E-state index is 13.8. The molecule has 0 aliphatic heterocycles. The molecular weight excluding hydrogens is 247 g/mol. The molecule has 1 atom stereocenters. The third-order valence-electron chi connectivity index (χ3n) is 2.96. The lowest BCUT2D eigenvalue weighted by molar-refractivity contribution is -0.385. The van der Waals surface area contributed by atoms with E-state index in [4.69, 9.17) is 0 Å². The van der Waals surface area contributed by atoms with Crippen LogP contribution in [0.1, 0.15) is 32.8 Å². The molecule has 0 heterocycles. The first-order valence-corrected chi connectivity index (χ1v) is 6.60. The van der Waals surface area contributed by atoms with Crippen molar-refractivity contribution in [1.29, 1.82) is 0 Å². The van der Waals surface area contributed by atoms with Crippen LogP contribution in [0.25, 0.3) is 0 Å². The number of nitrogens with zero attached hydrogens (tertiary/aromatic N) is 1.